The molecule has 1 aromatic rings. The van der Waals surface area contributed by atoms with E-state index in [9.17, 15) is 9.90 Å². The summed E-state index contributed by atoms with van der Waals surface area (Å²) in [4.78, 5) is 11.8. The summed E-state index contributed by atoms with van der Waals surface area (Å²) in [5.41, 5.74) is 6.72. The summed E-state index contributed by atoms with van der Waals surface area (Å²) in [7, 11) is 0. The first-order valence-corrected chi connectivity index (χ1v) is 6.38. The molecule has 0 spiro atoms. The van der Waals surface area contributed by atoms with Gasteiger partial charge in [0.1, 0.15) is 0 Å². The summed E-state index contributed by atoms with van der Waals surface area (Å²) in [6.07, 6.45) is 2.11. The molecule has 2 atom stereocenters. The van der Waals surface area contributed by atoms with Crippen LogP contribution in [0, 0.1) is 0 Å². The molecule has 100 valence electrons. The normalized spacial score (nSPS) is 13.9. The number of aliphatic hydroxyl groups is 1. The van der Waals surface area contributed by atoms with Crippen LogP contribution in [0.25, 0.3) is 0 Å². The quantitative estimate of drug-likeness (QED) is 0.684. The van der Waals surface area contributed by atoms with Crippen molar-refractivity contribution in [2.24, 2.45) is 5.73 Å². The molecule has 0 aliphatic heterocycles. The molecule has 1 unspecified atom stereocenters. The average molecular weight is 250 g/mol. The van der Waals surface area contributed by atoms with Crippen molar-refractivity contribution >= 4 is 5.91 Å². The van der Waals surface area contributed by atoms with Gasteiger partial charge in [-0.05, 0) is 12.0 Å². The molecular formula is C14H22N2O2. The van der Waals surface area contributed by atoms with Crippen LogP contribution < -0.4 is 11.1 Å². The molecule has 4 nitrogen and oxygen atoms in total. The van der Waals surface area contributed by atoms with Gasteiger partial charge >= 0.3 is 0 Å². The number of nitrogens with two attached hydrogens (primary N) is 1. The van der Waals surface area contributed by atoms with Gasteiger partial charge in [0.2, 0.25) is 5.91 Å². The Hall–Kier alpha value is -1.39. The molecule has 1 aromatic carbocycles. The van der Waals surface area contributed by atoms with Gasteiger partial charge in [-0.25, -0.2) is 0 Å². The SMILES string of the molecule is CCCC(N)CC(=O)N[C@@H](CO)c1ccccc1. The minimum atomic E-state index is -0.354. The highest BCUT2D eigenvalue weighted by Gasteiger charge is 2.15. The van der Waals surface area contributed by atoms with E-state index < -0.39 is 0 Å². The third kappa shape index (κ3) is 4.85. The van der Waals surface area contributed by atoms with E-state index in [0.717, 1.165) is 18.4 Å². The van der Waals surface area contributed by atoms with Gasteiger partial charge < -0.3 is 16.2 Å². The van der Waals surface area contributed by atoms with E-state index in [0.29, 0.717) is 6.42 Å². The average Bonchev–Trinajstić information content (AvgIpc) is 2.37. The minimum absolute atomic E-state index is 0.106. The zero-order valence-corrected chi connectivity index (χ0v) is 10.8. The Morgan fingerprint density at radius 3 is 2.61 bits per heavy atom. The molecule has 1 amide bonds. The fourth-order valence-corrected chi connectivity index (χ4v) is 1.88. The van der Waals surface area contributed by atoms with E-state index >= 15 is 0 Å². The molecule has 4 N–H and O–H groups in total. The zero-order valence-electron chi connectivity index (χ0n) is 10.8. The summed E-state index contributed by atoms with van der Waals surface area (Å²) in [6.45, 7) is 1.93. The van der Waals surface area contributed by atoms with Crippen molar-refractivity contribution in [1.29, 1.82) is 0 Å². The third-order valence-electron chi connectivity index (χ3n) is 2.83. The number of nitrogens with one attached hydrogen (secondary N) is 1. The lowest BCUT2D eigenvalue weighted by atomic mass is 10.1. The van der Waals surface area contributed by atoms with Crippen LogP contribution in [-0.2, 0) is 4.79 Å². The fourth-order valence-electron chi connectivity index (χ4n) is 1.88. The largest absolute Gasteiger partial charge is 0.394 e. The molecule has 1 rings (SSSR count). The van der Waals surface area contributed by atoms with Crippen LogP contribution >= 0.6 is 0 Å². The van der Waals surface area contributed by atoms with Gasteiger partial charge in [0.15, 0.2) is 0 Å². The monoisotopic (exact) mass is 250 g/mol. The summed E-state index contributed by atoms with van der Waals surface area (Å²) < 4.78 is 0. The highest BCUT2D eigenvalue weighted by molar-refractivity contribution is 5.77. The van der Waals surface area contributed by atoms with Gasteiger partial charge in [-0.3, -0.25) is 4.79 Å². The van der Waals surface area contributed by atoms with E-state index in [4.69, 9.17) is 5.73 Å². The van der Waals surface area contributed by atoms with E-state index in [1.54, 1.807) is 0 Å². The van der Waals surface area contributed by atoms with Crippen LogP contribution in [0.1, 0.15) is 37.8 Å². The van der Waals surface area contributed by atoms with Crippen LogP contribution in [0.5, 0.6) is 0 Å². The second kappa shape index (κ2) is 7.84. The molecule has 0 saturated heterocycles. The Morgan fingerprint density at radius 2 is 2.06 bits per heavy atom. The van der Waals surface area contributed by atoms with Gasteiger partial charge in [-0.1, -0.05) is 43.7 Å². The summed E-state index contributed by atoms with van der Waals surface area (Å²) >= 11 is 0. The van der Waals surface area contributed by atoms with Gasteiger partial charge in [0.05, 0.1) is 12.6 Å². The number of hydrogen-bond donors (Lipinski definition) is 3. The second-order valence-corrected chi connectivity index (χ2v) is 4.47. The van der Waals surface area contributed by atoms with E-state index in [-0.39, 0.29) is 24.6 Å². The van der Waals surface area contributed by atoms with E-state index in [1.165, 1.54) is 0 Å². The maximum absolute atomic E-state index is 11.8. The first kappa shape index (κ1) is 14.7. The van der Waals surface area contributed by atoms with Crippen molar-refractivity contribution in [3.63, 3.8) is 0 Å². The van der Waals surface area contributed by atoms with Gasteiger partial charge in [-0.15, -0.1) is 0 Å². The van der Waals surface area contributed by atoms with Gasteiger partial charge in [0.25, 0.3) is 0 Å². The predicted octanol–water partition coefficient (Wildman–Crippen LogP) is 1.35. The van der Waals surface area contributed by atoms with Crippen molar-refractivity contribution in [1.82, 2.24) is 5.32 Å². The summed E-state index contributed by atoms with van der Waals surface area (Å²) in [5.74, 6) is -0.112. The minimum Gasteiger partial charge on any atom is -0.394 e. The van der Waals surface area contributed by atoms with Crippen molar-refractivity contribution in [2.75, 3.05) is 6.61 Å². The fraction of sp³-hybridized carbons (Fsp3) is 0.500. The topological polar surface area (TPSA) is 75.4 Å². The molecule has 0 aliphatic rings. The Labute approximate surface area is 108 Å². The number of carbonyl (C=O) groups is 1. The van der Waals surface area contributed by atoms with Crippen molar-refractivity contribution in [2.45, 2.75) is 38.3 Å². The van der Waals surface area contributed by atoms with Crippen molar-refractivity contribution < 1.29 is 9.90 Å². The van der Waals surface area contributed by atoms with Crippen LogP contribution in [0.15, 0.2) is 30.3 Å². The molecule has 0 aliphatic carbocycles. The molecule has 4 heteroatoms. The van der Waals surface area contributed by atoms with Crippen molar-refractivity contribution in [3.05, 3.63) is 35.9 Å². The number of rotatable bonds is 7. The predicted molar refractivity (Wildman–Crippen MR) is 71.9 cm³/mol. The number of amides is 1. The summed E-state index contributed by atoms with van der Waals surface area (Å²) in [5, 5.41) is 12.1. The molecule has 0 radical (unpaired) electrons. The van der Waals surface area contributed by atoms with Crippen LogP contribution in [-0.4, -0.2) is 23.7 Å². The molecule has 0 heterocycles. The van der Waals surface area contributed by atoms with Crippen molar-refractivity contribution in [3.8, 4) is 0 Å². The number of benzene rings is 1. The second-order valence-electron chi connectivity index (χ2n) is 4.47. The molecule has 0 bridgehead atoms. The lowest BCUT2D eigenvalue weighted by Gasteiger charge is -2.18. The number of carbonyl (C=O) groups excluding carboxylic acids is 1. The standard InChI is InChI=1S/C14H22N2O2/c1-2-6-12(15)9-14(18)16-13(10-17)11-7-4-3-5-8-11/h3-5,7-8,12-13,17H,2,6,9-10,15H2,1H3,(H,16,18)/t12?,13-/m0/s1. The highest BCUT2D eigenvalue weighted by Crippen LogP contribution is 2.12. The first-order valence-electron chi connectivity index (χ1n) is 6.38. The lowest BCUT2D eigenvalue weighted by Crippen LogP contribution is -2.35. The van der Waals surface area contributed by atoms with Gasteiger partial charge in [-0.2, -0.15) is 0 Å². The first-order chi connectivity index (χ1) is 8.67. The molecule has 0 aromatic heterocycles. The Balaban J connectivity index is 2.51. The molecule has 0 saturated carbocycles. The Kier molecular flexibility index (Phi) is 6.39. The molecule has 0 fully saturated rings. The van der Waals surface area contributed by atoms with Crippen LogP contribution in [0.2, 0.25) is 0 Å². The lowest BCUT2D eigenvalue weighted by molar-refractivity contribution is -0.122. The number of hydrogen-bond acceptors (Lipinski definition) is 3. The maximum atomic E-state index is 11.8. The summed E-state index contributed by atoms with van der Waals surface area (Å²) in [6, 6.07) is 8.97. The van der Waals surface area contributed by atoms with E-state index in [2.05, 4.69) is 5.32 Å². The number of aliphatic hydroxyl groups excluding tert-OH is 1. The molecule has 18 heavy (non-hydrogen) atoms. The van der Waals surface area contributed by atoms with Crippen LogP contribution in [0.3, 0.4) is 0 Å². The third-order valence-corrected chi connectivity index (χ3v) is 2.83. The highest BCUT2D eigenvalue weighted by atomic mass is 16.3. The van der Waals surface area contributed by atoms with E-state index in [1.807, 2.05) is 37.3 Å². The zero-order chi connectivity index (χ0) is 13.4. The van der Waals surface area contributed by atoms with Crippen LogP contribution in [0.4, 0.5) is 0 Å². The maximum Gasteiger partial charge on any atom is 0.222 e. The van der Waals surface area contributed by atoms with Gasteiger partial charge in [0, 0.05) is 12.5 Å². The smallest absolute Gasteiger partial charge is 0.222 e. The Morgan fingerprint density at radius 1 is 1.39 bits per heavy atom. The Bertz CT molecular complexity index is 354. The molecular weight excluding hydrogens is 228 g/mol.